The number of pyridine rings is 1. The van der Waals surface area contributed by atoms with Gasteiger partial charge in [-0.25, -0.2) is 0 Å². The second kappa shape index (κ2) is 7.07. The Labute approximate surface area is 149 Å². The van der Waals surface area contributed by atoms with Crippen LogP contribution in [0.2, 0.25) is 0 Å². The molecule has 1 aliphatic rings. The molecule has 2 aromatic rings. The molecule has 1 amide bonds. The molecule has 2 atom stereocenters. The lowest BCUT2D eigenvalue weighted by Crippen LogP contribution is -2.48. The van der Waals surface area contributed by atoms with Crippen molar-refractivity contribution in [2.24, 2.45) is 0 Å². The van der Waals surface area contributed by atoms with E-state index in [2.05, 4.69) is 4.98 Å². The topological polar surface area (TPSA) is 42.4 Å². The molecular weight excluding hydrogens is 345 g/mol. The van der Waals surface area contributed by atoms with Gasteiger partial charge in [0.15, 0.2) is 0 Å². The molecular formula is C19H19F3N2O2. The molecule has 0 spiro atoms. The summed E-state index contributed by atoms with van der Waals surface area (Å²) in [4.78, 5) is 18.2. The fourth-order valence-electron chi connectivity index (χ4n) is 3.04. The average molecular weight is 364 g/mol. The fraction of sp³-hybridized carbons (Fsp3) is 0.368. The lowest BCUT2D eigenvalue weighted by atomic mass is 10.1. The van der Waals surface area contributed by atoms with Crippen LogP contribution in [0.15, 0.2) is 42.6 Å². The van der Waals surface area contributed by atoms with E-state index >= 15 is 0 Å². The highest BCUT2D eigenvalue weighted by Crippen LogP contribution is 2.29. The minimum absolute atomic E-state index is 0.0154. The van der Waals surface area contributed by atoms with Gasteiger partial charge in [-0.15, -0.1) is 0 Å². The summed E-state index contributed by atoms with van der Waals surface area (Å²) in [7, 11) is 0. The Morgan fingerprint density at radius 3 is 2.19 bits per heavy atom. The molecule has 3 rings (SSSR count). The van der Waals surface area contributed by atoms with Gasteiger partial charge in [0.25, 0.3) is 5.91 Å². The standard InChI is InChI=1S/C19H19F3N2O2/c1-12-10-24(11-13(2)26-12)18(25)15-5-3-14(4-6-15)17-8-7-16(9-23-17)19(20,21)22/h3-9,12-13H,10-11H2,1-2H3/t12-,13+. The molecule has 1 aliphatic heterocycles. The van der Waals surface area contributed by atoms with E-state index in [-0.39, 0.29) is 18.1 Å². The molecule has 4 nitrogen and oxygen atoms in total. The van der Waals surface area contributed by atoms with Crippen molar-refractivity contribution in [2.45, 2.75) is 32.2 Å². The molecule has 26 heavy (non-hydrogen) atoms. The monoisotopic (exact) mass is 364 g/mol. The zero-order valence-electron chi connectivity index (χ0n) is 14.5. The molecule has 0 bridgehead atoms. The number of hydrogen-bond acceptors (Lipinski definition) is 3. The lowest BCUT2D eigenvalue weighted by Gasteiger charge is -2.35. The number of hydrogen-bond donors (Lipinski definition) is 0. The van der Waals surface area contributed by atoms with Gasteiger partial charge < -0.3 is 9.64 Å². The van der Waals surface area contributed by atoms with Gasteiger partial charge in [0.1, 0.15) is 0 Å². The summed E-state index contributed by atoms with van der Waals surface area (Å²) in [5.41, 5.74) is 0.815. The van der Waals surface area contributed by atoms with Crippen molar-refractivity contribution in [1.29, 1.82) is 0 Å². The van der Waals surface area contributed by atoms with Crippen LogP contribution in [-0.4, -0.2) is 41.1 Å². The first kappa shape index (κ1) is 18.4. The van der Waals surface area contributed by atoms with Crippen molar-refractivity contribution >= 4 is 5.91 Å². The van der Waals surface area contributed by atoms with Gasteiger partial charge in [-0.2, -0.15) is 13.2 Å². The van der Waals surface area contributed by atoms with E-state index in [1.165, 1.54) is 6.07 Å². The molecule has 1 aromatic carbocycles. The van der Waals surface area contributed by atoms with Gasteiger partial charge in [-0.05, 0) is 38.1 Å². The minimum Gasteiger partial charge on any atom is -0.372 e. The van der Waals surface area contributed by atoms with Gasteiger partial charge in [0.2, 0.25) is 0 Å². The molecule has 1 saturated heterocycles. The highest BCUT2D eigenvalue weighted by atomic mass is 19.4. The third-order valence-electron chi connectivity index (χ3n) is 4.23. The maximum atomic E-state index is 12.6. The largest absolute Gasteiger partial charge is 0.417 e. The number of rotatable bonds is 2. The van der Waals surface area contributed by atoms with Crippen molar-refractivity contribution in [3.63, 3.8) is 0 Å². The van der Waals surface area contributed by atoms with E-state index in [0.717, 1.165) is 12.3 Å². The summed E-state index contributed by atoms with van der Waals surface area (Å²) in [5.74, 6) is -0.0843. The van der Waals surface area contributed by atoms with Gasteiger partial charge >= 0.3 is 6.18 Å². The quantitative estimate of drug-likeness (QED) is 0.808. The molecule has 1 aromatic heterocycles. The summed E-state index contributed by atoms with van der Waals surface area (Å²) in [5, 5.41) is 0. The number of ether oxygens (including phenoxy) is 1. The maximum Gasteiger partial charge on any atom is 0.417 e. The summed E-state index contributed by atoms with van der Waals surface area (Å²) in [6, 6.07) is 9.04. The highest BCUT2D eigenvalue weighted by molar-refractivity contribution is 5.94. The van der Waals surface area contributed by atoms with Crippen LogP contribution in [0.5, 0.6) is 0 Å². The third kappa shape index (κ3) is 4.04. The van der Waals surface area contributed by atoms with E-state index in [0.29, 0.717) is 29.9 Å². The van der Waals surface area contributed by atoms with Crippen molar-refractivity contribution in [1.82, 2.24) is 9.88 Å². The zero-order valence-corrected chi connectivity index (χ0v) is 14.5. The number of nitrogens with zero attached hydrogens (tertiary/aromatic N) is 2. The first-order valence-corrected chi connectivity index (χ1v) is 8.32. The smallest absolute Gasteiger partial charge is 0.372 e. The van der Waals surface area contributed by atoms with E-state index in [9.17, 15) is 18.0 Å². The van der Waals surface area contributed by atoms with E-state index in [1.54, 1.807) is 29.2 Å². The Morgan fingerprint density at radius 1 is 1.08 bits per heavy atom. The third-order valence-corrected chi connectivity index (χ3v) is 4.23. The number of aromatic nitrogens is 1. The van der Waals surface area contributed by atoms with Crippen molar-refractivity contribution in [3.05, 3.63) is 53.7 Å². The summed E-state index contributed by atoms with van der Waals surface area (Å²) in [6.07, 6.45) is -3.63. The van der Waals surface area contributed by atoms with Crippen molar-refractivity contribution in [2.75, 3.05) is 13.1 Å². The Kier molecular flexibility index (Phi) is 5.00. The summed E-state index contributed by atoms with van der Waals surface area (Å²) in [6.45, 7) is 4.92. The number of benzene rings is 1. The highest BCUT2D eigenvalue weighted by Gasteiger charge is 2.30. The molecule has 138 valence electrons. The van der Waals surface area contributed by atoms with Crippen LogP contribution in [0.4, 0.5) is 13.2 Å². The van der Waals surface area contributed by atoms with Crippen LogP contribution >= 0.6 is 0 Å². The molecule has 0 N–H and O–H groups in total. The van der Waals surface area contributed by atoms with Crippen molar-refractivity contribution in [3.8, 4) is 11.3 Å². The Morgan fingerprint density at radius 2 is 1.69 bits per heavy atom. The van der Waals surface area contributed by atoms with E-state index in [4.69, 9.17) is 4.74 Å². The second-order valence-electron chi connectivity index (χ2n) is 6.47. The lowest BCUT2D eigenvalue weighted by molar-refractivity contribution is -0.137. The molecule has 0 unspecified atom stereocenters. The van der Waals surface area contributed by atoms with Crippen LogP contribution in [0.25, 0.3) is 11.3 Å². The van der Waals surface area contributed by atoms with E-state index < -0.39 is 11.7 Å². The predicted molar refractivity (Wildman–Crippen MR) is 90.6 cm³/mol. The SMILES string of the molecule is C[C@@H]1CN(C(=O)c2ccc(-c3ccc(C(F)(F)F)cn3)cc2)C[C@H](C)O1. The average Bonchev–Trinajstić information content (AvgIpc) is 2.60. The fourth-order valence-corrected chi connectivity index (χ4v) is 3.04. The molecule has 0 saturated carbocycles. The van der Waals surface area contributed by atoms with Crippen LogP contribution < -0.4 is 0 Å². The van der Waals surface area contributed by atoms with Crippen LogP contribution in [-0.2, 0) is 10.9 Å². The van der Waals surface area contributed by atoms with Gasteiger partial charge in [0.05, 0.1) is 23.5 Å². The number of carbonyl (C=O) groups excluding carboxylic acids is 1. The number of carbonyl (C=O) groups is 1. The Balaban J connectivity index is 1.75. The van der Waals surface area contributed by atoms with Gasteiger partial charge in [-0.3, -0.25) is 9.78 Å². The van der Waals surface area contributed by atoms with Gasteiger partial charge in [0, 0.05) is 30.4 Å². The maximum absolute atomic E-state index is 12.6. The van der Waals surface area contributed by atoms with Crippen molar-refractivity contribution < 1.29 is 22.7 Å². The van der Waals surface area contributed by atoms with E-state index in [1.807, 2.05) is 13.8 Å². The first-order valence-electron chi connectivity index (χ1n) is 8.32. The Bertz CT molecular complexity index is 763. The normalized spacial score (nSPS) is 20.9. The first-order chi connectivity index (χ1) is 12.2. The predicted octanol–water partition coefficient (Wildman–Crippen LogP) is 4.02. The second-order valence-corrected chi connectivity index (χ2v) is 6.47. The molecule has 7 heteroatoms. The molecule has 0 aliphatic carbocycles. The Hall–Kier alpha value is -2.41. The number of morpholine rings is 1. The van der Waals surface area contributed by atoms with Crippen LogP contribution in [0, 0.1) is 0 Å². The summed E-state index contributed by atoms with van der Waals surface area (Å²) >= 11 is 0. The number of halogens is 3. The van der Waals surface area contributed by atoms with Crippen LogP contribution in [0.3, 0.4) is 0 Å². The molecule has 1 fully saturated rings. The summed E-state index contributed by atoms with van der Waals surface area (Å²) < 4.78 is 43.4. The molecule has 0 radical (unpaired) electrons. The number of alkyl halides is 3. The van der Waals surface area contributed by atoms with Crippen LogP contribution in [0.1, 0.15) is 29.8 Å². The number of amides is 1. The minimum atomic E-state index is -4.41. The zero-order chi connectivity index (χ0) is 18.9. The molecule has 2 heterocycles. The van der Waals surface area contributed by atoms with Gasteiger partial charge in [-0.1, -0.05) is 12.1 Å².